The summed E-state index contributed by atoms with van der Waals surface area (Å²) in [7, 11) is 0. The topological polar surface area (TPSA) is 39.6 Å². The Hall–Kier alpha value is -1.62. The van der Waals surface area contributed by atoms with Crippen molar-refractivity contribution >= 4 is 17.3 Å². The quantitative estimate of drug-likeness (QED) is 0.941. The van der Waals surface area contributed by atoms with E-state index in [0.29, 0.717) is 11.6 Å². The molecule has 5 heteroatoms. The van der Waals surface area contributed by atoms with Crippen LogP contribution in [0.1, 0.15) is 11.7 Å². The molecule has 1 atom stereocenters. The molecule has 0 saturated carbocycles. The van der Waals surface area contributed by atoms with E-state index in [-0.39, 0.29) is 0 Å². The molecule has 1 N–H and O–H groups in total. The van der Waals surface area contributed by atoms with Crippen LogP contribution in [0.5, 0.6) is 0 Å². The van der Waals surface area contributed by atoms with Crippen LogP contribution >= 0.6 is 11.6 Å². The molecular formula is C17H20ClN3O. The average molecular weight is 318 g/mol. The smallest absolute Gasteiger partial charge is 0.0931 e. The van der Waals surface area contributed by atoms with Crippen LogP contribution in [0.4, 0.5) is 5.69 Å². The number of rotatable bonds is 4. The van der Waals surface area contributed by atoms with Crippen molar-refractivity contribution in [2.45, 2.75) is 6.10 Å². The van der Waals surface area contributed by atoms with E-state index >= 15 is 0 Å². The van der Waals surface area contributed by atoms with Gasteiger partial charge in [-0.3, -0.25) is 9.88 Å². The number of halogens is 1. The third-order valence-corrected chi connectivity index (χ3v) is 4.44. The molecule has 1 aliphatic heterocycles. The zero-order chi connectivity index (χ0) is 15.4. The fraction of sp³-hybridized carbons (Fsp3) is 0.353. The fourth-order valence-corrected chi connectivity index (χ4v) is 3.09. The number of aliphatic hydroxyl groups excluding tert-OH is 1. The van der Waals surface area contributed by atoms with E-state index in [0.717, 1.165) is 31.7 Å². The van der Waals surface area contributed by atoms with Crippen molar-refractivity contribution in [2.24, 2.45) is 0 Å². The Balaban J connectivity index is 1.55. The molecule has 1 aliphatic rings. The van der Waals surface area contributed by atoms with E-state index in [9.17, 15) is 5.11 Å². The van der Waals surface area contributed by atoms with E-state index in [1.807, 2.05) is 48.8 Å². The molecule has 22 heavy (non-hydrogen) atoms. The summed E-state index contributed by atoms with van der Waals surface area (Å²) in [4.78, 5) is 8.68. The highest BCUT2D eigenvalue weighted by molar-refractivity contribution is 6.31. The lowest BCUT2D eigenvalue weighted by molar-refractivity contribution is 0.109. The van der Waals surface area contributed by atoms with Gasteiger partial charge in [0.05, 0.1) is 6.10 Å². The van der Waals surface area contributed by atoms with Crippen molar-refractivity contribution in [3.8, 4) is 0 Å². The van der Waals surface area contributed by atoms with Gasteiger partial charge in [-0.15, -0.1) is 0 Å². The van der Waals surface area contributed by atoms with Crippen LogP contribution in [-0.4, -0.2) is 47.7 Å². The monoisotopic (exact) mass is 317 g/mol. The summed E-state index contributed by atoms with van der Waals surface area (Å²) < 4.78 is 0. The molecule has 2 heterocycles. The van der Waals surface area contributed by atoms with E-state index in [1.54, 1.807) is 0 Å². The van der Waals surface area contributed by atoms with Crippen LogP contribution in [0.15, 0.2) is 48.8 Å². The third-order valence-electron chi connectivity index (χ3n) is 4.10. The molecular weight excluding hydrogens is 298 g/mol. The fourth-order valence-electron chi connectivity index (χ4n) is 2.83. The van der Waals surface area contributed by atoms with Crippen molar-refractivity contribution in [3.05, 3.63) is 59.4 Å². The summed E-state index contributed by atoms with van der Waals surface area (Å²) >= 11 is 6.15. The molecule has 1 aromatic carbocycles. The molecule has 0 radical (unpaired) electrons. The Morgan fingerprint density at radius 2 is 1.73 bits per heavy atom. The molecule has 0 amide bonds. The van der Waals surface area contributed by atoms with Crippen LogP contribution in [0.25, 0.3) is 0 Å². The summed E-state index contributed by atoms with van der Waals surface area (Å²) in [5.74, 6) is 0. The lowest BCUT2D eigenvalue weighted by Gasteiger charge is -2.36. The van der Waals surface area contributed by atoms with Crippen LogP contribution in [-0.2, 0) is 0 Å². The molecule has 1 saturated heterocycles. The summed E-state index contributed by atoms with van der Waals surface area (Å²) in [6, 6.07) is 11.6. The minimum Gasteiger partial charge on any atom is -0.387 e. The molecule has 116 valence electrons. The summed E-state index contributed by atoms with van der Waals surface area (Å²) in [5, 5.41) is 11.0. The van der Waals surface area contributed by atoms with Crippen LogP contribution in [0.3, 0.4) is 0 Å². The molecule has 2 aromatic rings. The van der Waals surface area contributed by atoms with Gasteiger partial charge in [0.1, 0.15) is 0 Å². The highest BCUT2D eigenvalue weighted by Crippen LogP contribution is 2.24. The summed E-state index contributed by atoms with van der Waals surface area (Å²) in [5.41, 5.74) is 2.02. The van der Waals surface area contributed by atoms with E-state index < -0.39 is 6.10 Å². The van der Waals surface area contributed by atoms with E-state index in [4.69, 9.17) is 11.6 Å². The normalized spacial score (nSPS) is 17.5. The number of pyridine rings is 1. The molecule has 1 unspecified atom stereocenters. The van der Waals surface area contributed by atoms with Gasteiger partial charge < -0.3 is 10.0 Å². The first kappa shape index (κ1) is 15.3. The van der Waals surface area contributed by atoms with Gasteiger partial charge >= 0.3 is 0 Å². The third kappa shape index (κ3) is 3.58. The molecule has 4 nitrogen and oxygen atoms in total. The highest BCUT2D eigenvalue weighted by Gasteiger charge is 2.21. The van der Waals surface area contributed by atoms with Gasteiger partial charge in [-0.1, -0.05) is 29.8 Å². The Labute approximate surface area is 136 Å². The van der Waals surface area contributed by atoms with Crippen molar-refractivity contribution in [1.82, 2.24) is 9.88 Å². The van der Waals surface area contributed by atoms with Crippen LogP contribution in [0.2, 0.25) is 5.02 Å². The van der Waals surface area contributed by atoms with Crippen LogP contribution in [0, 0.1) is 0 Å². The van der Waals surface area contributed by atoms with E-state index in [2.05, 4.69) is 14.8 Å². The average Bonchev–Trinajstić information content (AvgIpc) is 2.57. The van der Waals surface area contributed by atoms with Gasteiger partial charge in [0.15, 0.2) is 0 Å². The Morgan fingerprint density at radius 3 is 2.41 bits per heavy atom. The number of nitrogens with zero attached hydrogens (tertiary/aromatic N) is 3. The Kier molecular flexibility index (Phi) is 4.93. The Morgan fingerprint density at radius 1 is 1.05 bits per heavy atom. The number of β-amino-alcohol motifs (C(OH)–C–C–N with tert-alkyl or cyclic N) is 1. The Bertz CT molecular complexity index is 600. The van der Waals surface area contributed by atoms with E-state index in [1.165, 1.54) is 5.69 Å². The first-order chi connectivity index (χ1) is 10.7. The number of benzene rings is 1. The van der Waals surface area contributed by atoms with Crippen molar-refractivity contribution < 1.29 is 5.11 Å². The van der Waals surface area contributed by atoms with Gasteiger partial charge in [-0.2, -0.15) is 0 Å². The first-order valence-corrected chi connectivity index (χ1v) is 7.91. The molecule has 3 rings (SSSR count). The SMILES string of the molecule is OC(CN1CCN(c2ccncc2)CC1)c1ccccc1Cl. The number of hydrogen-bond donors (Lipinski definition) is 1. The second-order valence-electron chi connectivity index (χ2n) is 5.53. The molecule has 1 aromatic heterocycles. The number of piperazine rings is 1. The minimum absolute atomic E-state index is 0.541. The predicted molar refractivity (Wildman–Crippen MR) is 89.3 cm³/mol. The number of aromatic nitrogens is 1. The maximum absolute atomic E-state index is 10.4. The number of anilines is 1. The summed E-state index contributed by atoms with van der Waals surface area (Å²) in [6.45, 7) is 4.40. The van der Waals surface area contributed by atoms with Gasteiger partial charge in [0, 0.05) is 61.4 Å². The predicted octanol–water partition coefficient (Wildman–Crippen LogP) is 2.59. The zero-order valence-electron chi connectivity index (χ0n) is 12.4. The highest BCUT2D eigenvalue weighted by atomic mass is 35.5. The van der Waals surface area contributed by atoms with Crippen molar-refractivity contribution in [1.29, 1.82) is 0 Å². The maximum Gasteiger partial charge on any atom is 0.0931 e. The molecule has 1 fully saturated rings. The molecule has 0 bridgehead atoms. The lowest BCUT2D eigenvalue weighted by Crippen LogP contribution is -2.47. The minimum atomic E-state index is -0.541. The van der Waals surface area contributed by atoms with Gasteiger partial charge in [-0.05, 0) is 18.2 Å². The maximum atomic E-state index is 10.4. The van der Waals surface area contributed by atoms with Gasteiger partial charge in [0.2, 0.25) is 0 Å². The summed E-state index contributed by atoms with van der Waals surface area (Å²) in [6.07, 6.45) is 3.10. The number of aliphatic hydroxyl groups is 1. The second-order valence-corrected chi connectivity index (χ2v) is 5.94. The van der Waals surface area contributed by atoms with Crippen molar-refractivity contribution in [3.63, 3.8) is 0 Å². The largest absolute Gasteiger partial charge is 0.387 e. The van der Waals surface area contributed by atoms with Gasteiger partial charge in [-0.25, -0.2) is 0 Å². The molecule has 0 aliphatic carbocycles. The van der Waals surface area contributed by atoms with Crippen molar-refractivity contribution in [2.75, 3.05) is 37.6 Å². The number of hydrogen-bond acceptors (Lipinski definition) is 4. The molecule has 0 spiro atoms. The second kappa shape index (κ2) is 7.09. The lowest BCUT2D eigenvalue weighted by atomic mass is 10.1. The van der Waals surface area contributed by atoms with Crippen LogP contribution < -0.4 is 4.90 Å². The van der Waals surface area contributed by atoms with Gasteiger partial charge in [0.25, 0.3) is 0 Å². The standard InChI is InChI=1S/C17H20ClN3O/c18-16-4-2-1-3-15(16)17(22)13-20-9-11-21(12-10-20)14-5-7-19-8-6-14/h1-8,17,22H,9-13H2. The zero-order valence-corrected chi connectivity index (χ0v) is 13.2. The first-order valence-electron chi connectivity index (χ1n) is 7.54.